The Balaban J connectivity index is 2.03. The van der Waals surface area contributed by atoms with Gasteiger partial charge in [-0.05, 0) is 24.3 Å². The minimum Gasteiger partial charge on any atom is -0.347 e. The third-order valence-corrected chi connectivity index (χ3v) is 3.65. The Labute approximate surface area is 118 Å². The molecule has 2 aromatic rings. The van der Waals surface area contributed by atoms with E-state index in [2.05, 4.69) is 5.32 Å². The minimum absolute atomic E-state index is 0.0614. The summed E-state index contributed by atoms with van der Waals surface area (Å²) >= 11 is 6.89. The molecule has 0 unspecified atom stereocenters. The van der Waals surface area contributed by atoms with Gasteiger partial charge in [-0.15, -0.1) is 11.3 Å². The summed E-state index contributed by atoms with van der Waals surface area (Å²) in [5.41, 5.74) is 0.576. The number of thiophene rings is 1. The minimum atomic E-state index is -0.511. The van der Waals surface area contributed by atoms with E-state index in [1.165, 1.54) is 12.1 Å². The molecule has 1 aromatic heterocycles. The first-order valence-corrected chi connectivity index (χ1v) is 6.51. The highest BCUT2D eigenvalue weighted by atomic mass is 35.5. The zero-order chi connectivity index (χ0) is 13.8. The molecule has 0 saturated carbocycles. The van der Waals surface area contributed by atoms with Crippen molar-refractivity contribution in [3.63, 3.8) is 0 Å². The number of carbonyl (C=O) groups excluding carboxylic acids is 1. The Hall–Kier alpha value is -1.90. The first kappa shape index (κ1) is 13.5. The molecule has 3 nitrogen and oxygen atoms in total. The average molecular weight is 295 g/mol. The van der Waals surface area contributed by atoms with Gasteiger partial charge in [0.05, 0.1) is 20.8 Å². The summed E-state index contributed by atoms with van der Waals surface area (Å²) in [6.45, 7) is 0.0614. The predicted molar refractivity (Wildman–Crippen MR) is 71.6 cm³/mol. The van der Waals surface area contributed by atoms with E-state index in [4.69, 9.17) is 16.9 Å². The summed E-state index contributed by atoms with van der Waals surface area (Å²) in [6.07, 6.45) is 0. The van der Waals surface area contributed by atoms with Gasteiger partial charge in [0, 0.05) is 12.1 Å². The zero-order valence-electron chi connectivity index (χ0n) is 9.61. The number of benzene rings is 1. The summed E-state index contributed by atoms with van der Waals surface area (Å²) in [6, 6.07) is 9.22. The van der Waals surface area contributed by atoms with Crippen molar-refractivity contribution < 1.29 is 9.18 Å². The number of carbonyl (C=O) groups is 1. The summed E-state index contributed by atoms with van der Waals surface area (Å²) in [7, 11) is 0. The van der Waals surface area contributed by atoms with E-state index in [1.807, 2.05) is 6.07 Å². The fourth-order valence-electron chi connectivity index (χ4n) is 1.46. The number of nitriles is 1. The van der Waals surface area contributed by atoms with E-state index in [1.54, 1.807) is 12.1 Å². The van der Waals surface area contributed by atoms with E-state index in [0.29, 0.717) is 14.8 Å². The van der Waals surface area contributed by atoms with Crippen LogP contribution in [0.15, 0.2) is 30.3 Å². The molecule has 1 N–H and O–H groups in total. The third-order valence-electron chi connectivity index (χ3n) is 2.42. The van der Waals surface area contributed by atoms with Crippen molar-refractivity contribution in [3.05, 3.63) is 56.5 Å². The van der Waals surface area contributed by atoms with Crippen LogP contribution in [0.2, 0.25) is 4.34 Å². The van der Waals surface area contributed by atoms with Crippen LogP contribution in [0.3, 0.4) is 0 Å². The Morgan fingerprint density at radius 3 is 2.79 bits per heavy atom. The van der Waals surface area contributed by atoms with Crippen LogP contribution in [0.1, 0.15) is 20.8 Å². The van der Waals surface area contributed by atoms with Crippen molar-refractivity contribution >= 4 is 28.8 Å². The second-order valence-corrected chi connectivity index (χ2v) is 5.42. The van der Waals surface area contributed by atoms with E-state index in [-0.39, 0.29) is 18.0 Å². The maximum Gasteiger partial charge on any atom is 0.261 e. The van der Waals surface area contributed by atoms with Crippen molar-refractivity contribution in [1.82, 2.24) is 5.32 Å². The lowest BCUT2D eigenvalue weighted by Crippen LogP contribution is -2.22. The Morgan fingerprint density at radius 1 is 1.42 bits per heavy atom. The van der Waals surface area contributed by atoms with Crippen molar-refractivity contribution in [1.29, 1.82) is 5.26 Å². The fourth-order valence-corrected chi connectivity index (χ4v) is 2.42. The van der Waals surface area contributed by atoms with E-state index >= 15 is 0 Å². The lowest BCUT2D eigenvalue weighted by molar-refractivity contribution is 0.0954. The van der Waals surface area contributed by atoms with Crippen LogP contribution in [-0.2, 0) is 6.54 Å². The lowest BCUT2D eigenvalue weighted by atomic mass is 10.1. The summed E-state index contributed by atoms with van der Waals surface area (Å²) in [5, 5.41) is 11.2. The zero-order valence-corrected chi connectivity index (χ0v) is 11.2. The van der Waals surface area contributed by atoms with Crippen LogP contribution in [0.4, 0.5) is 4.39 Å². The second kappa shape index (κ2) is 5.83. The number of hydrogen-bond donors (Lipinski definition) is 1. The van der Waals surface area contributed by atoms with Gasteiger partial charge in [0.25, 0.3) is 5.91 Å². The highest BCUT2D eigenvalue weighted by Gasteiger charge is 2.10. The predicted octanol–water partition coefficient (Wildman–Crippen LogP) is 3.34. The Morgan fingerprint density at radius 2 is 2.21 bits per heavy atom. The normalized spacial score (nSPS) is 9.95. The molecule has 0 aliphatic heterocycles. The first-order chi connectivity index (χ1) is 9.10. The number of amides is 1. The first-order valence-electron chi connectivity index (χ1n) is 5.32. The molecule has 6 heteroatoms. The van der Waals surface area contributed by atoms with E-state index in [9.17, 15) is 9.18 Å². The molecular formula is C13H8ClFN2OS. The van der Waals surface area contributed by atoms with Gasteiger partial charge >= 0.3 is 0 Å². The molecule has 0 spiro atoms. The topological polar surface area (TPSA) is 52.9 Å². The smallest absolute Gasteiger partial charge is 0.261 e. The second-order valence-electron chi connectivity index (χ2n) is 3.70. The number of halogens is 2. The van der Waals surface area contributed by atoms with Gasteiger partial charge in [-0.2, -0.15) is 5.26 Å². The molecule has 0 atom stereocenters. The van der Waals surface area contributed by atoms with Crippen LogP contribution in [0.25, 0.3) is 0 Å². The maximum absolute atomic E-state index is 13.6. The van der Waals surface area contributed by atoms with Crippen LogP contribution < -0.4 is 5.32 Å². The molecule has 96 valence electrons. The molecule has 0 saturated heterocycles. The Bertz CT molecular complexity index is 663. The number of rotatable bonds is 3. The summed E-state index contributed by atoms with van der Waals surface area (Å²) in [5.74, 6) is -0.816. The lowest BCUT2D eigenvalue weighted by Gasteiger charge is -2.05. The third kappa shape index (κ3) is 3.31. The van der Waals surface area contributed by atoms with Gasteiger partial charge < -0.3 is 5.32 Å². The molecule has 0 aliphatic rings. The monoisotopic (exact) mass is 294 g/mol. The van der Waals surface area contributed by atoms with Crippen molar-refractivity contribution in [3.8, 4) is 6.07 Å². The van der Waals surface area contributed by atoms with E-state index < -0.39 is 5.82 Å². The van der Waals surface area contributed by atoms with Crippen LogP contribution in [0, 0.1) is 17.1 Å². The quantitative estimate of drug-likeness (QED) is 0.944. The van der Waals surface area contributed by atoms with Gasteiger partial charge in [-0.1, -0.05) is 17.7 Å². The average Bonchev–Trinajstić information content (AvgIpc) is 2.83. The highest BCUT2D eigenvalue weighted by Crippen LogP contribution is 2.21. The molecule has 0 bridgehead atoms. The van der Waals surface area contributed by atoms with Gasteiger partial charge in [-0.3, -0.25) is 4.79 Å². The van der Waals surface area contributed by atoms with Crippen molar-refractivity contribution in [2.75, 3.05) is 0 Å². The molecule has 1 amide bonds. The van der Waals surface area contributed by atoms with Crippen molar-refractivity contribution in [2.24, 2.45) is 0 Å². The summed E-state index contributed by atoms with van der Waals surface area (Å²) in [4.78, 5) is 12.2. The van der Waals surface area contributed by atoms with Gasteiger partial charge in [0.15, 0.2) is 0 Å². The molecule has 2 rings (SSSR count). The highest BCUT2D eigenvalue weighted by molar-refractivity contribution is 7.17. The molecule has 1 aromatic carbocycles. The molecule has 0 fully saturated rings. The molecule has 0 aliphatic carbocycles. The Kier molecular flexibility index (Phi) is 4.15. The van der Waals surface area contributed by atoms with Gasteiger partial charge in [0.1, 0.15) is 5.82 Å². The van der Waals surface area contributed by atoms with Gasteiger partial charge in [-0.25, -0.2) is 4.39 Å². The fraction of sp³-hybridized carbons (Fsp3) is 0.0769. The largest absolute Gasteiger partial charge is 0.347 e. The molecule has 1 heterocycles. The maximum atomic E-state index is 13.6. The number of nitrogens with one attached hydrogen (secondary N) is 1. The SMILES string of the molecule is N#Cc1ccc(CNC(=O)c2ccc(Cl)s2)c(F)c1. The van der Waals surface area contributed by atoms with Crippen LogP contribution >= 0.6 is 22.9 Å². The van der Waals surface area contributed by atoms with Crippen LogP contribution in [0.5, 0.6) is 0 Å². The van der Waals surface area contributed by atoms with Crippen molar-refractivity contribution in [2.45, 2.75) is 6.54 Å². The molecule has 19 heavy (non-hydrogen) atoms. The van der Waals surface area contributed by atoms with E-state index in [0.717, 1.165) is 17.4 Å². The van der Waals surface area contributed by atoms with Gasteiger partial charge in [0.2, 0.25) is 0 Å². The molecular weight excluding hydrogens is 287 g/mol. The standard InChI is InChI=1S/C13H8ClFN2OS/c14-12-4-3-11(19-12)13(18)17-7-9-2-1-8(6-16)5-10(9)15/h1-5H,7H2,(H,17,18). The number of hydrogen-bond acceptors (Lipinski definition) is 3. The summed E-state index contributed by atoms with van der Waals surface area (Å²) < 4.78 is 14.1. The molecule has 0 radical (unpaired) electrons. The number of nitrogens with zero attached hydrogens (tertiary/aromatic N) is 1. The van der Waals surface area contributed by atoms with Crippen LogP contribution in [-0.4, -0.2) is 5.91 Å².